The van der Waals surface area contributed by atoms with Crippen LogP contribution in [0.4, 0.5) is 4.79 Å². The first-order chi connectivity index (χ1) is 7.51. The summed E-state index contributed by atoms with van der Waals surface area (Å²) in [4.78, 5) is 38.4. The molecule has 0 bridgehead atoms. The predicted molar refractivity (Wildman–Crippen MR) is 48.7 cm³/mol. The molecule has 0 amide bonds. The Hall–Kier alpha value is -0.334. The van der Waals surface area contributed by atoms with E-state index in [9.17, 15) is 29.7 Å². The van der Waals surface area contributed by atoms with Crippen LogP contribution in [0.2, 0.25) is 0 Å². The molecule has 0 aromatic rings. The number of hydrogen-bond acceptors (Lipinski definition) is 9. The molecule has 19 heavy (non-hydrogen) atoms. The van der Waals surface area contributed by atoms with Crippen molar-refractivity contribution in [3.8, 4) is 0 Å². The maximum atomic E-state index is 10.1. The van der Waals surface area contributed by atoms with Gasteiger partial charge in [-0.1, -0.05) is 0 Å². The molecule has 0 aliphatic heterocycles. The van der Waals surface area contributed by atoms with Gasteiger partial charge in [0.2, 0.25) is 6.16 Å². The van der Waals surface area contributed by atoms with Gasteiger partial charge in [-0.05, 0) is 0 Å². The third-order valence-corrected chi connectivity index (χ3v) is 1.25. The average molecular weight is 314 g/mol. The number of carbonyl (C=O) groups is 4. The summed E-state index contributed by atoms with van der Waals surface area (Å²) < 4.78 is 0. The van der Waals surface area contributed by atoms with Crippen LogP contribution in [0.1, 0.15) is 12.8 Å². The van der Waals surface area contributed by atoms with Gasteiger partial charge < -0.3 is 49.8 Å². The number of carboxylic acid groups (broad SMARTS) is 5. The fourth-order valence-electron chi connectivity index (χ4n) is 0.684. The molecule has 12 heteroatoms. The Morgan fingerprint density at radius 2 is 1.11 bits per heavy atom. The van der Waals surface area contributed by atoms with E-state index in [1.807, 2.05) is 0 Å². The Morgan fingerprint density at radius 3 is 1.21 bits per heavy atom. The van der Waals surface area contributed by atoms with Gasteiger partial charge >= 0.3 is 60.8 Å². The van der Waals surface area contributed by atoms with E-state index in [2.05, 4.69) is 0 Å². The number of carbonyl (C=O) groups excluding carboxylic acids is 3. The molecule has 0 unspecified atom stereocenters. The Labute approximate surface area is 152 Å². The van der Waals surface area contributed by atoms with Crippen molar-refractivity contribution in [1.29, 1.82) is 0 Å². The molecule has 0 spiro atoms. The van der Waals surface area contributed by atoms with Gasteiger partial charge in [0.25, 0.3) is 0 Å². The van der Waals surface area contributed by atoms with Gasteiger partial charge in [-0.25, -0.2) is 0 Å². The Bertz CT molecular complexity index is 310. The topological polar surface area (TPSA) is 201 Å². The Morgan fingerprint density at radius 1 is 0.895 bits per heavy atom. The first kappa shape index (κ1) is 27.1. The molecular formula is C7H6CaMgO10. The number of rotatable bonds is 5. The fourth-order valence-corrected chi connectivity index (χ4v) is 0.684. The third kappa shape index (κ3) is 17.7. The van der Waals surface area contributed by atoms with E-state index in [-0.39, 0.29) is 60.8 Å². The van der Waals surface area contributed by atoms with Crippen LogP contribution in [0, 0.1) is 0 Å². The quantitative estimate of drug-likeness (QED) is 0.459. The first-order valence-corrected chi connectivity index (χ1v) is 3.74. The molecule has 10 nitrogen and oxygen atoms in total. The van der Waals surface area contributed by atoms with E-state index in [0.29, 0.717) is 0 Å². The summed E-state index contributed by atoms with van der Waals surface area (Å²) in [7, 11) is 0. The molecule has 0 aromatic heterocycles. The average Bonchev–Trinajstić information content (AvgIpc) is 1.98. The van der Waals surface area contributed by atoms with Gasteiger partial charge in [-0.3, -0.25) is 0 Å². The molecule has 0 aliphatic carbocycles. The summed E-state index contributed by atoms with van der Waals surface area (Å²) in [5.41, 5.74) is -2.97. The minimum absolute atomic E-state index is 0. The summed E-state index contributed by atoms with van der Waals surface area (Å²) in [5, 5.41) is 54.2. The van der Waals surface area contributed by atoms with Crippen LogP contribution in [0.25, 0.3) is 0 Å². The molecule has 2 N–H and O–H groups in total. The monoisotopic (exact) mass is 314 g/mol. The molecule has 0 aromatic carbocycles. The molecule has 0 atom stereocenters. The Balaban J connectivity index is -0.000000165. The molecule has 0 saturated carbocycles. The summed E-state index contributed by atoms with van der Waals surface area (Å²) in [6, 6.07) is 0. The predicted octanol–water partition coefficient (Wildman–Crippen LogP) is -7.13. The van der Waals surface area contributed by atoms with Crippen molar-refractivity contribution >= 4 is 84.9 Å². The maximum absolute atomic E-state index is 10.1. The van der Waals surface area contributed by atoms with Crippen molar-refractivity contribution in [2.45, 2.75) is 18.4 Å². The van der Waals surface area contributed by atoms with Crippen molar-refractivity contribution in [1.82, 2.24) is 0 Å². The summed E-state index contributed by atoms with van der Waals surface area (Å²) in [6.07, 6.45) is -4.80. The number of aliphatic carboxylic acids is 3. The SMILES string of the molecule is O=C([O-])CC(O)(CC(=O)[O-])C(=O)[O-].O=C([O-])O.[Ca+2].[Mg+2]. The van der Waals surface area contributed by atoms with E-state index in [0.717, 1.165) is 0 Å². The van der Waals surface area contributed by atoms with Crippen LogP contribution in [0.5, 0.6) is 0 Å². The minimum Gasteiger partial charge on any atom is -0.565 e. The second-order valence-electron chi connectivity index (χ2n) is 2.68. The molecule has 0 rings (SSSR count). The standard InChI is InChI=1S/C6H8O7.CH2O3.Ca.Mg/c7-3(8)1-6(13,5(11)12)2-4(9)10;2-1(3)4;;/h13H,1-2H2,(H,7,8)(H,9,10)(H,11,12);(H2,2,3,4);;/q;;2*+2/p-4. The van der Waals surface area contributed by atoms with Crippen LogP contribution in [-0.4, -0.2) is 101 Å². The Kier molecular flexibility index (Phi) is 18.1. The van der Waals surface area contributed by atoms with Crippen LogP contribution in [0.15, 0.2) is 0 Å². The smallest absolute Gasteiger partial charge is 0.565 e. The van der Waals surface area contributed by atoms with Gasteiger partial charge in [-0.15, -0.1) is 0 Å². The number of aliphatic hydroxyl groups is 1. The normalized spacial score (nSPS) is 8.68. The van der Waals surface area contributed by atoms with Gasteiger partial charge in [-0.2, -0.15) is 0 Å². The van der Waals surface area contributed by atoms with E-state index in [1.165, 1.54) is 0 Å². The van der Waals surface area contributed by atoms with Crippen LogP contribution >= 0.6 is 0 Å². The third-order valence-electron chi connectivity index (χ3n) is 1.25. The van der Waals surface area contributed by atoms with E-state index < -0.39 is 42.5 Å². The van der Waals surface area contributed by atoms with Crippen LogP contribution in [0.3, 0.4) is 0 Å². The van der Waals surface area contributed by atoms with Gasteiger partial charge in [0.15, 0.2) is 0 Å². The zero-order chi connectivity index (χ0) is 14.2. The summed E-state index contributed by atoms with van der Waals surface area (Å²) >= 11 is 0. The first-order valence-electron chi connectivity index (χ1n) is 3.74. The van der Waals surface area contributed by atoms with Gasteiger partial charge in [0.1, 0.15) is 5.60 Å². The molecule has 0 saturated heterocycles. The number of hydrogen-bond donors (Lipinski definition) is 2. The van der Waals surface area contributed by atoms with Crippen molar-refractivity contribution in [2.24, 2.45) is 0 Å². The van der Waals surface area contributed by atoms with E-state index in [1.54, 1.807) is 0 Å². The molecule has 0 heterocycles. The largest absolute Gasteiger partial charge is 2.00 e. The van der Waals surface area contributed by atoms with Gasteiger partial charge in [0.05, 0.1) is 5.97 Å². The second kappa shape index (κ2) is 12.7. The maximum Gasteiger partial charge on any atom is 2.00 e. The molecular weight excluding hydrogens is 308 g/mol. The van der Waals surface area contributed by atoms with Crippen LogP contribution in [-0.2, 0) is 14.4 Å². The van der Waals surface area contributed by atoms with Crippen molar-refractivity contribution in [2.75, 3.05) is 0 Å². The molecule has 0 aliphatic rings. The van der Waals surface area contributed by atoms with E-state index >= 15 is 0 Å². The molecule has 0 radical (unpaired) electrons. The zero-order valence-electron chi connectivity index (χ0n) is 9.49. The van der Waals surface area contributed by atoms with E-state index in [4.69, 9.17) is 20.1 Å². The fraction of sp³-hybridized carbons (Fsp3) is 0.429. The second-order valence-corrected chi connectivity index (χ2v) is 2.68. The van der Waals surface area contributed by atoms with Crippen LogP contribution < -0.4 is 20.4 Å². The summed E-state index contributed by atoms with van der Waals surface area (Å²) in [5.74, 6) is -5.98. The molecule has 98 valence electrons. The summed E-state index contributed by atoms with van der Waals surface area (Å²) in [6.45, 7) is 0. The van der Waals surface area contributed by atoms with Gasteiger partial charge in [0, 0.05) is 24.8 Å². The van der Waals surface area contributed by atoms with Crippen molar-refractivity contribution in [3.63, 3.8) is 0 Å². The zero-order valence-corrected chi connectivity index (χ0v) is 13.1. The molecule has 0 fully saturated rings. The van der Waals surface area contributed by atoms with Crippen molar-refractivity contribution < 1.29 is 49.8 Å². The van der Waals surface area contributed by atoms with Crippen molar-refractivity contribution in [3.05, 3.63) is 0 Å². The minimum atomic E-state index is -2.97. The number of carboxylic acids is 3.